The van der Waals surface area contributed by atoms with Gasteiger partial charge in [0.2, 0.25) is 0 Å². The topological polar surface area (TPSA) is 69.6 Å². The van der Waals surface area contributed by atoms with Crippen LogP contribution in [0.2, 0.25) is 0 Å². The monoisotopic (exact) mass is 340 g/mol. The number of urea groups is 1. The van der Waals surface area contributed by atoms with Crippen molar-refractivity contribution in [3.05, 3.63) is 28.2 Å². The lowest BCUT2D eigenvalue weighted by Gasteiger charge is -2.21. The number of aryl methyl sites for hydroxylation is 1. The highest BCUT2D eigenvalue weighted by atomic mass is 79.9. The molecule has 0 radical (unpaired) electrons. The molecule has 2 amide bonds. The second kappa shape index (κ2) is 5.44. The van der Waals surface area contributed by atoms with E-state index in [9.17, 15) is 14.7 Å². The number of nitrogens with one attached hydrogen (secondary N) is 1. The molecule has 0 saturated carbocycles. The van der Waals surface area contributed by atoms with Crippen LogP contribution in [0.4, 0.5) is 10.5 Å². The van der Waals surface area contributed by atoms with Crippen molar-refractivity contribution in [2.75, 3.05) is 18.4 Å². The van der Waals surface area contributed by atoms with Crippen molar-refractivity contribution in [1.29, 1.82) is 0 Å². The van der Waals surface area contributed by atoms with Gasteiger partial charge in [0.25, 0.3) is 0 Å². The maximum Gasteiger partial charge on any atom is 0.321 e. The van der Waals surface area contributed by atoms with E-state index in [2.05, 4.69) is 21.2 Å². The first kappa shape index (κ1) is 14.8. The van der Waals surface area contributed by atoms with Gasteiger partial charge in [-0.2, -0.15) is 0 Å². The predicted molar refractivity (Wildman–Crippen MR) is 79.8 cm³/mol. The minimum atomic E-state index is -0.857. The third-order valence-corrected chi connectivity index (χ3v) is 4.76. The van der Waals surface area contributed by atoms with Crippen LogP contribution in [0.3, 0.4) is 0 Å². The average Bonchev–Trinajstić information content (AvgIpc) is 2.79. The molecule has 0 aliphatic carbocycles. The van der Waals surface area contributed by atoms with Crippen molar-refractivity contribution in [2.45, 2.75) is 20.3 Å². The molecule has 1 heterocycles. The minimum absolute atomic E-state index is 0.234. The highest BCUT2D eigenvalue weighted by Crippen LogP contribution is 2.31. The van der Waals surface area contributed by atoms with E-state index in [1.807, 2.05) is 19.1 Å². The van der Waals surface area contributed by atoms with Gasteiger partial charge in [0.15, 0.2) is 0 Å². The number of amides is 2. The molecule has 2 rings (SSSR count). The molecular formula is C14H17BrN2O3. The molecule has 0 bridgehead atoms. The van der Waals surface area contributed by atoms with E-state index in [1.165, 1.54) is 0 Å². The maximum atomic E-state index is 12.2. The summed E-state index contributed by atoms with van der Waals surface area (Å²) < 4.78 is 0.841. The number of halogens is 1. The molecule has 1 aliphatic heterocycles. The Balaban J connectivity index is 2.07. The molecule has 1 aromatic carbocycles. The summed E-state index contributed by atoms with van der Waals surface area (Å²) >= 11 is 3.44. The number of aliphatic carboxylic acids is 1. The number of carbonyl (C=O) groups is 2. The lowest BCUT2D eigenvalue weighted by molar-refractivity contribution is -0.146. The normalized spacial score (nSPS) is 21.9. The van der Waals surface area contributed by atoms with Crippen molar-refractivity contribution in [3.63, 3.8) is 0 Å². The van der Waals surface area contributed by atoms with E-state index >= 15 is 0 Å². The summed E-state index contributed by atoms with van der Waals surface area (Å²) in [7, 11) is 0. The van der Waals surface area contributed by atoms with Gasteiger partial charge in [-0.05, 0) is 47.8 Å². The number of carboxylic acids is 1. The summed E-state index contributed by atoms with van der Waals surface area (Å²) in [6.07, 6.45) is 0.477. The highest BCUT2D eigenvalue weighted by molar-refractivity contribution is 9.10. The van der Waals surface area contributed by atoms with E-state index in [0.29, 0.717) is 18.7 Å². The van der Waals surface area contributed by atoms with Crippen LogP contribution in [0.15, 0.2) is 22.7 Å². The quantitative estimate of drug-likeness (QED) is 0.869. The summed E-state index contributed by atoms with van der Waals surface area (Å²) in [4.78, 5) is 24.9. The van der Waals surface area contributed by atoms with Crippen LogP contribution < -0.4 is 5.32 Å². The fourth-order valence-electron chi connectivity index (χ4n) is 2.25. The second-order valence-electron chi connectivity index (χ2n) is 5.40. The van der Waals surface area contributed by atoms with Gasteiger partial charge in [0.1, 0.15) is 0 Å². The van der Waals surface area contributed by atoms with Gasteiger partial charge in [-0.3, -0.25) is 4.79 Å². The largest absolute Gasteiger partial charge is 0.481 e. The summed E-state index contributed by atoms with van der Waals surface area (Å²) in [5.41, 5.74) is 0.875. The van der Waals surface area contributed by atoms with E-state index in [1.54, 1.807) is 17.9 Å². The van der Waals surface area contributed by atoms with Crippen LogP contribution in [0.1, 0.15) is 18.9 Å². The van der Waals surface area contributed by atoms with E-state index in [-0.39, 0.29) is 12.6 Å². The Labute approximate surface area is 126 Å². The van der Waals surface area contributed by atoms with Gasteiger partial charge in [-0.15, -0.1) is 0 Å². The fourth-order valence-corrected chi connectivity index (χ4v) is 2.61. The van der Waals surface area contributed by atoms with Crippen LogP contribution in [0.25, 0.3) is 0 Å². The lowest BCUT2D eigenvalue weighted by atomic mass is 9.90. The molecule has 1 atom stereocenters. The summed E-state index contributed by atoms with van der Waals surface area (Å²) in [6.45, 7) is 4.30. The molecule has 0 spiro atoms. The molecule has 5 nitrogen and oxygen atoms in total. The third kappa shape index (κ3) is 2.80. The van der Waals surface area contributed by atoms with Crippen molar-refractivity contribution in [2.24, 2.45) is 5.41 Å². The first-order chi connectivity index (χ1) is 9.33. The van der Waals surface area contributed by atoms with Gasteiger partial charge in [-0.1, -0.05) is 12.1 Å². The Morgan fingerprint density at radius 2 is 2.15 bits per heavy atom. The summed E-state index contributed by atoms with van der Waals surface area (Å²) in [6, 6.07) is 5.35. The van der Waals surface area contributed by atoms with Crippen molar-refractivity contribution in [3.8, 4) is 0 Å². The Hall–Kier alpha value is -1.56. The van der Waals surface area contributed by atoms with Crippen LogP contribution in [-0.2, 0) is 4.79 Å². The van der Waals surface area contributed by atoms with Gasteiger partial charge in [-0.25, -0.2) is 4.79 Å². The Kier molecular flexibility index (Phi) is 4.04. The van der Waals surface area contributed by atoms with Crippen molar-refractivity contribution < 1.29 is 14.7 Å². The predicted octanol–water partition coefficient (Wildman–Crippen LogP) is 3.09. The molecule has 20 heavy (non-hydrogen) atoms. The van der Waals surface area contributed by atoms with Gasteiger partial charge >= 0.3 is 12.0 Å². The number of hydrogen-bond acceptors (Lipinski definition) is 2. The van der Waals surface area contributed by atoms with Crippen LogP contribution >= 0.6 is 15.9 Å². The molecule has 1 aliphatic rings. The van der Waals surface area contributed by atoms with Crippen LogP contribution in [0, 0.1) is 12.3 Å². The Bertz CT molecular complexity index is 561. The second-order valence-corrected chi connectivity index (χ2v) is 6.20. The summed E-state index contributed by atoms with van der Waals surface area (Å²) in [5, 5.41) is 12.0. The molecule has 0 aromatic heterocycles. The first-order valence-electron chi connectivity index (χ1n) is 6.38. The van der Waals surface area contributed by atoms with Crippen LogP contribution in [-0.4, -0.2) is 35.1 Å². The van der Waals surface area contributed by atoms with E-state index in [0.717, 1.165) is 10.0 Å². The molecule has 1 aromatic rings. The summed E-state index contributed by atoms with van der Waals surface area (Å²) in [5.74, 6) is -0.857. The number of anilines is 1. The van der Waals surface area contributed by atoms with E-state index in [4.69, 9.17) is 0 Å². The van der Waals surface area contributed by atoms with E-state index < -0.39 is 11.4 Å². The Morgan fingerprint density at radius 1 is 1.45 bits per heavy atom. The number of hydrogen-bond donors (Lipinski definition) is 2. The molecule has 1 fully saturated rings. The number of rotatable bonds is 2. The number of benzene rings is 1. The third-order valence-electron chi connectivity index (χ3n) is 3.71. The number of carbonyl (C=O) groups excluding carboxylic acids is 1. The SMILES string of the molecule is Cc1cccc(NC(=O)N2CCC(C)(C(=O)O)C2)c1Br. The van der Waals surface area contributed by atoms with Crippen LogP contribution in [0.5, 0.6) is 0 Å². The minimum Gasteiger partial charge on any atom is -0.481 e. The highest BCUT2D eigenvalue weighted by Gasteiger charge is 2.42. The van der Waals surface area contributed by atoms with Gasteiger partial charge in [0.05, 0.1) is 11.1 Å². The standard InChI is InChI=1S/C14H17BrN2O3/c1-9-4-3-5-10(11(9)15)16-13(20)17-7-6-14(2,8-17)12(18)19/h3-5H,6-8H2,1-2H3,(H,16,20)(H,18,19). The zero-order valence-corrected chi connectivity index (χ0v) is 13.0. The number of likely N-dealkylation sites (tertiary alicyclic amines) is 1. The first-order valence-corrected chi connectivity index (χ1v) is 7.17. The van der Waals surface area contributed by atoms with Gasteiger partial charge < -0.3 is 15.3 Å². The maximum absolute atomic E-state index is 12.2. The number of carboxylic acid groups (broad SMARTS) is 1. The zero-order chi connectivity index (χ0) is 14.9. The lowest BCUT2D eigenvalue weighted by Crippen LogP contribution is -2.37. The Morgan fingerprint density at radius 3 is 2.75 bits per heavy atom. The molecule has 1 unspecified atom stereocenters. The average molecular weight is 341 g/mol. The molecular weight excluding hydrogens is 324 g/mol. The number of nitrogens with zero attached hydrogens (tertiary/aromatic N) is 1. The van der Waals surface area contributed by atoms with Crippen molar-refractivity contribution in [1.82, 2.24) is 4.90 Å². The molecule has 108 valence electrons. The molecule has 6 heteroatoms. The van der Waals surface area contributed by atoms with Gasteiger partial charge in [0, 0.05) is 17.6 Å². The smallest absolute Gasteiger partial charge is 0.321 e. The fraction of sp³-hybridized carbons (Fsp3) is 0.429. The molecule has 1 saturated heterocycles. The zero-order valence-electron chi connectivity index (χ0n) is 11.4. The van der Waals surface area contributed by atoms with Crippen molar-refractivity contribution >= 4 is 33.6 Å². The molecule has 2 N–H and O–H groups in total.